The topological polar surface area (TPSA) is 57.5 Å². The highest BCUT2D eigenvalue weighted by Gasteiger charge is 2.24. The summed E-state index contributed by atoms with van der Waals surface area (Å²) in [6.07, 6.45) is 0. The van der Waals surface area contributed by atoms with Crippen LogP contribution in [-0.4, -0.2) is 16.2 Å². The molecule has 0 saturated carbocycles. The second-order valence-corrected chi connectivity index (χ2v) is 4.57. The maximum absolute atomic E-state index is 11.4. The van der Waals surface area contributed by atoms with Crippen LogP contribution in [0.25, 0.3) is 10.8 Å². The van der Waals surface area contributed by atoms with Gasteiger partial charge in [0.15, 0.2) is 0 Å². The summed E-state index contributed by atoms with van der Waals surface area (Å²) in [5.74, 6) is -1.01. The van der Waals surface area contributed by atoms with Gasteiger partial charge in [0.25, 0.3) is 0 Å². The third-order valence-corrected chi connectivity index (χ3v) is 2.80. The first-order chi connectivity index (χ1) is 7.91. The lowest BCUT2D eigenvalue weighted by molar-refractivity contribution is 0.0633. The number of carboxylic acid groups (broad SMARTS) is 1. The minimum Gasteiger partial charge on any atom is -0.478 e. The molecule has 0 fully saturated rings. The minimum atomic E-state index is -1.17. The molecular formula is C14H14O3. The molecular weight excluding hydrogens is 216 g/mol. The minimum absolute atomic E-state index is 0.176. The zero-order valence-electron chi connectivity index (χ0n) is 9.77. The number of hydrogen-bond donors (Lipinski definition) is 2. The molecule has 2 aromatic rings. The second kappa shape index (κ2) is 3.86. The molecule has 3 nitrogen and oxygen atoms in total. The van der Waals surface area contributed by atoms with E-state index in [1.165, 1.54) is 0 Å². The van der Waals surface area contributed by atoms with Crippen molar-refractivity contribution in [2.45, 2.75) is 19.4 Å². The zero-order chi connectivity index (χ0) is 12.6. The first kappa shape index (κ1) is 11.6. The smallest absolute Gasteiger partial charge is 0.336 e. The number of aromatic carboxylic acids is 1. The number of fused-ring (bicyclic) bond motifs is 1. The molecule has 0 radical (unpaired) electrons. The number of carbonyl (C=O) groups is 1. The van der Waals surface area contributed by atoms with Crippen molar-refractivity contribution in [1.82, 2.24) is 0 Å². The average molecular weight is 230 g/mol. The third-order valence-electron chi connectivity index (χ3n) is 2.80. The molecule has 2 N–H and O–H groups in total. The van der Waals surface area contributed by atoms with Gasteiger partial charge in [0.1, 0.15) is 0 Å². The molecule has 0 atom stereocenters. The molecule has 88 valence electrons. The van der Waals surface area contributed by atoms with Crippen molar-refractivity contribution in [3.63, 3.8) is 0 Å². The Labute approximate surface area is 99.3 Å². The van der Waals surface area contributed by atoms with Gasteiger partial charge in [-0.2, -0.15) is 0 Å². The van der Waals surface area contributed by atoms with Gasteiger partial charge in [0.05, 0.1) is 11.2 Å². The van der Waals surface area contributed by atoms with Gasteiger partial charge in [0.2, 0.25) is 0 Å². The van der Waals surface area contributed by atoms with Crippen molar-refractivity contribution in [2.24, 2.45) is 0 Å². The lowest BCUT2D eigenvalue weighted by Gasteiger charge is -2.21. The molecule has 0 aromatic heterocycles. The van der Waals surface area contributed by atoms with E-state index in [0.717, 1.165) is 5.39 Å². The molecule has 0 aliphatic heterocycles. The number of aliphatic hydroxyl groups is 1. The average Bonchev–Trinajstić information content (AvgIpc) is 2.26. The summed E-state index contributed by atoms with van der Waals surface area (Å²) in [4.78, 5) is 11.4. The van der Waals surface area contributed by atoms with E-state index in [0.29, 0.717) is 10.9 Å². The molecule has 0 saturated heterocycles. The van der Waals surface area contributed by atoms with E-state index in [9.17, 15) is 15.0 Å². The highest BCUT2D eigenvalue weighted by Crippen LogP contribution is 2.29. The second-order valence-electron chi connectivity index (χ2n) is 4.57. The lowest BCUT2D eigenvalue weighted by Crippen LogP contribution is -2.20. The predicted octanol–water partition coefficient (Wildman–Crippen LogP) is 2.77. The molecule has 0 aliphatic carbocycles. The fraction of sp³-hybridized carbons (Fsp3) is 0.214. The van der Waals surface area contributed by atoms with Crippen molar-refractivity contribution >= 4 is 16.7 Å². The third kappa shape index (κ3) is 2.01. The molecule has 0 heterocycles. The van der Waals surface area contributed by atoms with Gasteiger partial charge in [-0.3, -0.25) is 0 Å². The van der Waals surface area contributed by atoms with Crippen LogP contribution in [0.1, 0.15) is 29.8 Å². The normalized spacial score (nSPS) is 11.7. The van der Waals surface area contributed by atoms with E-state index >= 15 is 0 Å². The van der Waals surface area contributed by atoms with Crippen molar-refractivity contribution in [1.29, 1.82) is 0 Å². The zero-order valence-corrected chi connectivity index (χ0v) is 9.77. The van der Waals surface area contributed by atoms with E-state index in [1.807, 2.05) is 18.2 Å². The monoisotopic (exact) mass is 230 g/mol. The van der Waals surface area contributed by atoms with Crippen molar-refractivity contribution in [3.8, 4) is 0 Å². The van der Waals surface area contributed by atoms with Gasteiger partial charge in [0, 0.05) is 0 Å². The Hall–Kier alpha value is -1.87. The summed E-state index contributed by atoms with van der Waals surface area (Å²) in [5, 5.41) is 20.8. The van der Waals surface area contributed by atoms with Gasteiger partial charge in [-0.25, -0.2) is 4.79 Å². The van der Waals surface area contributed by atoms with Crippen molar-refractivity contribution in [3.05, 3.63) is 47.5 Å². The fourth-order valence-electron chi connectivity index (χ4n) is 2.01. The highest BCUT2D eigenvalue weighted by atomic mass is 16.4. The molecule has 0 unspecified atom stereocenters. The number of benzene rings is 2. The lowest BCUT2D eigenvalue weighted by atomic mass is 9.89. The largest absolute Gasteiger partial charge is 0.478 e. The molecule has 0 aliphatic rings. The van der Waals surface area contributed by atoms with E-state index in [2.05, 4.69) is 0 Å². The summed E-state index contributed by atoms with van der Waals surface area (Å²) in [6.45, 7) is 3.17. The maximum atomic E-state index is 11.4. The molecule has 0 amide bonds. The summed E-state index contributed by atoms with van der Waals surface area (Å²) in [7, 11) is 0. The van der Waals surface area contributed by atoms with Crippen LogP contribution in [0.3, 0.4) is 0 Å². The standard InChI is InChI=1S/C14H14O3/c1-14(2,17)11-8-7-9-5-3-4-6-10(9)12(11)13(15)16/h3-8,17H,1-2H3,(H,15,16). The Morgan fingerprint density at radius 2 is 1.76 bits per heavy atom. The molecule has 2 aromatic carbocycles. The molecule has 0 spiro atoms. The van der Waals surface area contributed by atoms with Crippen LogP contribution in [0.2, 0.25) is 0 Å². The van der Waals surface area contributed by atoms with Crippen LogP contribution >= 0.6 is 0 Å². The van der Waals surface area contributed by atoms with Crippen LogP contribution in [0, 0.1) is 0 Å². The first-order valence-electron chi connectivity index (χ1n) is 5.39. The molecule has 17 heavy (non-hydrogen) atoms. The highest BCUT2D eigenvalue weighted by molar-refractivity contribution is 6.05. The van der Waals surface area contributed by atoms with Gasteiger partial charge >= 0.3 is 5.97 Å². The van der Waals surface area contributed by atoms with Crippen molar-refractivity contribution in [2.75, 3.05) is 0 Å². The van der Waals surface area contributed by atoms with Gasteiger partial charge in [-0.15, -0.1) is 0 Å². The van der Waals surface area contributed by atoms with Gasteiger partial charge in [-0.1, -0.05) is 36.4 Å². The Balaban J connectivity index is 2.87. The first-order valence-corrected chi connectivity index (χ1v) is 5.39. The fourth-order valence-corrected chi connectivity index (χ4v) is 2.01. The Kier molecular flexibility index (Phi) is 2.63. The summed E-state index contributed by atoms with van der Waals surface area (Å²) in [5.41, 5.74) is -0.558. The number of rotatable bonds is 2. The van der Waals surface area contributed by atoms with Crippen LogP contribution in [-0.2, 0) is 5.60 Å². The van der Waals surface area contributed by atoms with Crippen molar-refractivity contribution < 1.29 is 15.0 Å². The van der Waals surface area contributed by atoms with E-state index in [1.54, 1.807) is 32.0 Å². The van der Waals surface area contributed by atoms with Crippen LogP contribution in [0.15, 0.2) is 36.4 Å². The Morgan fingerprint density at radius 1 is 1.12 bits per heavy atom. The van der Waals surface area contributed by atoms with Gasteiger partial charge in [-0.05, 0) is 30.2 Å². The van der Waals surface area contributed by atoms with E-state index in [4.69, 9.17) is 0 Å². The van der Waals surface area contributed by atoms with E-state index < -0.39 is 11.6 Å². The molecule has 0 bridgehead atoms. The van der Waals surface area contributed by atoms with Gasteiger partial charge < -0.3 is 10.2 Å². The van der Waals surface area contributed by atoms with Crippen LogP contribution in [0.5, 0.6) is 0 Å². The van der Waals surface area contributed by atoms with Crippen LogP contribution in [0.4, 0.5) is 0 Å². The van der Waals surface area contributed by atoms with Crippen LogP contribution < -0.4 is 0 Å². The Morgan fingerprint density at radius 3 is 2.35 bits per heavy atom. The maximum Gasteiger partial charge on any atom is 0.336 e. The predicted molar refractivity (Wildman–Crippen MR) is 66.2 cm³/mol. The summed E-state index contributed by atoms with van der Waals surface area (Å²) >= 11 is 0. The SMILES string of the molecule is CC(C)(O)c1ccc2ccccc2c1C(=O)O. The number of carboxylic acids is 1. The summed E-state index contributed by atoms with van der Waals surface area (Å²) in [6, 6.07) is 10.8. The summed E-state index contributed by atoms with van der Waals surface area (Å²) < 4.78 is 0. The van der Waals surface area contributed by atoms with E-state index in [-0.39, 0.29) is 5.56 Å². The quantitative estimate of drug-likeness (QED) is 0.834. The number of hydrogen-bond acceptors (Lipinski definition) is 2. The Bertz CT molecular complexity index is 580. The molecule has 2 rings (SSSR count). The molecule has 3 heteroatoms.